The van der Waals surface area contributed by atoms with Crippen LogP contribution in [-0.4, -0.2) is 40.0 Å². The van der Waals surface area contributed by atoms with Gasteiger partial charge in [-0.15, -0.1) is 0 Å². The zero-order valence-corrected chi connectivity index (χ0v) is 12.8. The van der Waals surface area contributed by atoms with E-state index in [-0.39, 0.29) is 12.0 Å². The highest BCUT2D eigenvalue weighted by Gasteiger charge is 2.24. The summed E-state index contributed by atoms with van der Waals surface area (Å²) in [6, 6.07) is 9.81. The fourth-order valence-electron chi connectivity index (χ4n) is 2.59. The Balaban J connectivity index is 1.57. The van der Waals surface area contributed by atoms with Crippen molar-refractivity contribution in [2.75, 3.05) is 13.1 Å². The average Bonchev–Trinajstić information content (AvgIpc) is 2.62. The second-order valence-electron chi connectivity index (χ2n) is 5.45. The number of hydrogen-bond acceptors (Lipinski definition) is 4. The summed E-state index contributed by atoms with van der Waals surface area (Å²) in [7, 11) is 0. The van der Waals surface area contributed by atoms with Crippen LogP contribution >= 0.6 is 0 Å². The number of aromatic nitrogens is 2. The third-order valence-electron chi connectivity index (χ3n) is 3.73. The van der Waals surface area contributed by atoms with Crippen LogP contribution in [0.3, 0.4) is 0 Å². The lowest BCUT2D eigenvalue weighted by atomic mass is 10.1. The maximum absolute atomic E-state index is 12.3. The number of amides is 1. The Hall–Kier alpha value is -2.69. The van der Waals surface area contributed by atoms with E-state index in [1.165, 1.54) is 0 Å². The van der Waals surface area contributed by atoms with Crippen molar-refractivity contribution >= 4 is 12.0 Å². The molecule has 23 heavy (non-hydrogen) atoms. The van der Waals surface area contributed by atoms with Crippen LogP contribution in [0.1, 0.15) is 18.4 Å². The van der Waals surface area contributed by atoms with Crippen LogP contribution in [0.15, 0.2) is 55.0 Å². The smallest absolute Gasteiger partial charge is 0.246 e. The Morgan fingerprint density at radius 1 is 1.26 bits per heavy atom. The predicted molar refractivity (Wildman–Crippen MR) is 87.7 cm³/mol. The molecule has 0 spiro atoms. The van der Waals surface area contributed by atoms with Crippen LogP contribution in [0.2, 0.25) is 0 Å². The normalized spacial score (nSPS) is 18.1. The molecule has 1 aliphatic rings. The van der Waals surface area contributed by atoms with E-state index in [0.717, 1.165) is 24.9 Å². The number of ether oxygens (including phenoxy) is 1. The Morgan fingerprint density at radius 2 is 2.13 bits per heavy atom. The van der Waals surface area contributed by atoms with Crippen LogP contribution in [0.25, 0.3) is 6.08 Å². The Kier molecular flexibility index (Phi) is 4.99. The molecule has 0 aliphatic carbocycles. The number of benzene rings is 1. The lowest BCUT2D eigenvalue weighted by Gasteiger charge is -2.31. The van der Waals surface area contributed by atoms with Crippen molar-refractivity contribution < 1.29 is 9.53 Å². The lowest BCUT2D eigenvalue weighted by Crippen LogP contribution is -2.43. The molecule has 1 atom stereocenters. The van der Waals surface area contributed by atoms with E-state index in [0.29, 0.717) is 12.4 Å². The fourth-order valence-corrected chi connectivity index (χ4v) is 2.59. The van der Waals surface area contributed by atoms with E-state index >= 15 is 0 Å². The Morgan fingerprint density at radius 3 is 2.91 bits per heavy atom. The molecule has 0 radical (unpaired) electrons. The molecular weight excluding hydrogens is 290 g/mol. The van der Waals surface area contributed by atoms with Gasteiger partial charge in [0.25, 0.3) is 0 Å². The molecule has 1 unspecified atom stereocenters. The molecule has 3 rings (SSSR count). The fraction of sp³-hybridized carbons (Fsp3) is 0.278. The number of piperidine rings is 1. The first kappa shape index (κ1) is 15.2. The number of likely N-dealkylation sites (tertiary alicyclic amines) is 1. The minimum atomic E-state index is -0.0328. The first-order chi connectivity index (χ1) is 11.3. The summed E-state index contributed by atoms with van der Waals surface area (Å²) >= 11 is 0. The van der Waals surface area contributed by atoms with Gasteiger partial charge in [-0.25, -0.2) is 4.98 Å². The summed E-state index contributed by atoms with van der Waals surface area (Å²) in [5.41, 5.74) is 1.02. The van der Waals surface area contributed by atoms with Gasteiger partial charge in [0, 0.05) is 25.0 Å². The van der Waals surface area contributed by atoms with Gasteiger partial charge in [0.05, 0.1) is 12.7 Å². The third-order valence-corrected chi connectivity index (χ3v) is 3.73. The van der Waals surface area contributed by atoms with Crippen molar-refractivity contribution in [1.82, 2.24) is 14.9 Å². The lowest BCUT2D eigenvalue weighted by molar-refractivity contribution is -0.128. The highest BCUT2D eigenvalue weighted by atomic mass is 16.5. The van der Waals surface area contributed by atoms with Crippen molar-refractivity contribution in [3.05, 3.63) is 60.6 Å². The predicted octanol–water partition coefficient (Wildman–Crippen LogP) is 2.56. The molecule has 1 fully saturated rings. The molecule has 5 nitrogen and oxygen atoms in total. The van der Waals surface area contributed by atoms with Crippen LogP contribution < -0.4 is 4.74 Å². The van der Waals surface area contributed by atoms with Gasteiger partial charge in [0.2, 0.25) is 11.8 Å². The summed E-state index contributed by atoms with van der Waals surface area (Å²) in [5.74, 6) is 0.521. The van der Waals surface area contributed by atoms with Gasteiger partial charge in [-0.3, -0.25) is 9.78 Å². The summed E-state index contributed by atoms with van der Waals surface area (Å²) in [5, 5.41) is 0. The van der Waals surface area contributed by atoms with E-state index in [2.05, 4.69) is 9.97 Å². The first-order valence-electron chi connectivity index (χ1n) is 7.76. The summed E-state index contributed by atoms with van der Waals surface area (Å²) < 4.78 is 5.81. The van der Waals surface area contributed by atoms with Crippen molar-refractivity contribution in [2.24, 2.45) is 0 Å². The molecule has 0 N–H and O–H groups in total. The molecule has 2 heterocycles. The van der Waals surface area contributed by atoms with Crippen LogP contribution in [0, 0.1) is 0 Å². The second kappa shape index (κ2) is 7.54. The van der Waals surface area contributed by atoms with Gasteiger partial charge in [0.1, 0.15) is 6.10 Å². The highest BCUT2D eigenvalue weighted by Crippen LogP contribution is 2.16. The molecule has 1 aliphatic heterocycles. The van der Waals surface area contributed by atoms with E-state index < -0.39 is 0 Å². The van der Waals surface area contributed by atoms with E-state index in [9.17, 15) is 4.79 Å². The Bertz CT molecular complexity index is 658. The summed E-state index contributed by atoms with van der Waals surface area (Å²) in [6.07, 6.45) is 10.1. The van der Waals surface area contributed by atoms with Gasteiger partial charge < -0.3 is 9.64 Å². The summed E-state index contributed by atoms with van der Waals surface area (Å²) in [6.45, 7) is 1.34. The quantitative estimate of drug-likeness (QED) is 0.815. The monoisotopic (exact) mass is 309 g/mol. The molecule has 1 aromatic heterocycles. The molecule has 1 aromatic carbocycles. The highest BCUT2D eigenvalue weighted by molar-refractivity contribution is 5.91. The molecule has 2 aromatic rings. The molecular formula is C18H19N3O2. The minimum Gasteiger partial charge on any atom is -0.471 e. The molecule has 1 amide bonds. The number of carbonyl (C=O) groups excluding carboxylic acids is 1. The largest absolute Gasteiger partial charge is 0.471 e. The van der Waals surface area contributed by atoms with Crippen molar-refractivity contribution in [3.63, 3.8) is 0 Å². The zero-order valence-electron chi connectivity index (χ0n) is 12.8. The molecule has 0 bridgehead atoms. The molecule has 118 valence electrons. The maximum Gasteiger partial charge on any atom is 0.246 e. The second-order valence-corrected chi connectivity index (χ2v) is 5.45. The van der Waals surface area contributed by atoms with Crippen LogP contribution in [0.5, 0.6) is 5.88 Å². The average molecular weight is 309 g/mol. The number of nitrogens with zero attached hydrogens (tertiary/aromatic N) is 3. The van der Waals surface area contributed by atoms with Crippen molar-refractivity contribution in [2.45, 2.75) is 18.9 Å². The zero-order chi connectivity index (χ0) is 15.9. The molecule has 1 saturated heterocycles. The number of rotatable bonds is 4. The van der Waals surface area contributed by atoms with Crippen LogP contribution in [0.4, 0.5) is 0 Å². The SMILES string of the molecule is O=C(/C=C/c1ccccc1)N1CCCC(Oc2cnccn2)C1. The standard InChI is InChI=1S/C18H19N3O2/c22-18(9-8-15-5-2-1-3-6-15)21-12-4-7-16(14-21)23-17-13-19-10-11-20-17/h1-3,5-6,8-11,13,16H,4,7,12,14H2/b9-8+. The Labute approximate surface area is 135 Å². The van der Waals surface area contributed by atoms with Crippen molar-refractivity contribution in [1.29, 1.82) is 0 Å². The van der Waals surface area contributed by atoms with Gasteiger partial charge in [0.15, 0.2) is 0 Å². The van der Waals surface area contributed by atoms with E-state index in [1.807, 2.05) is 41.3 Å². The first-order valence-corrected chi connectivity index (χ1v) is 7.76. The van der Waals surface area contributed by atoms with Gasteiger partial charge >= 0.3 is 0 Å². The topological polar surface area (TPSA) is 55.3 Å². The summed E-state index contributed by atoms with van der Waals surface area (Å²) in [4.78, 5) is 22.3. The maximum atomic E-state index is 12.3. The molecule has 5 heteroatoms. The van der Waals surface area contributed by atoms with Crippen LogP contribution in [-0.2, 0) is 4.79 Å². The minimum absolute atomic E-state index is 0.0151. The van der Waals surface area contributed by atoms with Gasteiger partial charge in [-0.1, -0.05) is 30.3 Å². The van der Waals surface area contributed by atoms with Gasteiger partial charge in [-0.2, -0.15) is 0 Å². The number of hydrogen-bond donors (Lipinski definition) is 0. The molecule has 0 saturated carbocycles. The third kappa shape index (κ3) is 4.39. The van der Waals surface area contributed by atoms with E-state index in [1.54, 1.807) is 24.7 Å². The number of carbonyl (C=O) groups is 1. The van der Waals surface area contributed by atoms with E-state index in [4.69, 9.17) is 4.74 Å². The van der Waals surface area contributed by atoms with Gasteiger partial charge in [-0.05, 0) is 24.5 Å². The van der Waals surface area contributed by atoms with Crippen molar-refractivity contribution in [3.8, 4) is 5.88 Å².